The SMILES string of the molecule is Nc1nc2ccc(-c3cncc(N4CCS(O)(O)CC4)c3)cc2s1. The lowest BCUT2D eigenvalue weighted by molar-refractivity contribution is 0.479. The molecular weight excluding hydrogens is 344 g/mol. The van der Waals surface area contributed by atoms with Gasteiger partial charge in [0.05, 0.1) is 33.6 Å². The molecule has 0 bridgehead atoms. The van der Waals surface area contributed by atoms with Gasteiger partial charge >= 0.3 is 0 Å². The Morgan fingerprint density at radius 1 is 1.08 bits per heavy atom. The number of hydrogen-bond donors (Lipinski definition) is 3. The number of rotatable bonds is 2. The topological polar surface area (TPSA) is 95.5 Å². The molecule has 8 heteroatoms. The predicted molar refractivity (Wildman–Crippen MR) is 102 cm³/mol. The number of anilines is 2. The lowest BCUT2D eigenvalue weighted by Crippen LogP contribution is -2.38. The summed E-state index contributed by atoms with van der Waals surface area (Å²) in [5.41, 5.74) is 9.78. The van der Waals surface area contributed by atoms with E-state index in [0.717, 1.165) is 27.0 Å². The molecule has 3 heterocycles. The highest BCUT2D eigenvalue weighted by Crippen LogP contribution is 2.41. The Labute approximate surface area is 145 Å². The van der Waals surface area contributed by atoms with Crippen molar-refractivity contribution < 1.29 is 9.11 Å². The minimum absolute atomic E-state index is 0.420. The van der Waals surface area contributed by atoms with Crippen molar-refractivity contribution in [2.75, 3.05) is 35.2 Å². The number of pyridine rings is 1. The van der Waals surface area contributed by atoms with Crippen molar-refractivity contribution >= 4 is 43.0 Å². The van der Waals surface area contributed by atoms with Gasteiger partial charge in [-0.15, -0.1) is 0 Å². The molecular formula is C16H18N4O2S2. The maximum atomic E-state index is 9.76. The molecule has 1 saturated heterocycles. The van der Waals surface area contributed by atoms with E-state index < -0.39 is 10.6 Å². The van der Waals surface area contributed by atoms with E-state index in [0.29, 0.717) is 29.7 Å². The summed E-state index contributed by atoms with van der Waals surface area (Å²) in [6, 6.07) is 8.17. The van der Waals surface area contributed by atoms with Crippen LogP contribution in [0, 0.1) is 0 Å². The van der Waals surface area contributed by atoms with Crippen molar-refractivity contribution in [2.24, 2.45) is 0 Å². The molecule has 6 nitrogen and oxygen atoms in total. The van der Waals surface area contributed by atoms with Crippen LogP contribution in [0.4, 0.5) is 10.8 Å². The average molecular weight is 362 g/mol. The van der Waals surface area contributed by atoms with Crippen LogP contribution < -0.4 is 10.6 Å². The van der Waals surface area contributed by atoms with Gasteiger partial charge in [-0.1, -0.05) is 17.4 Å². The molecule has 1 fully saturated rings. The fourth-order valence-corrected chi connectivity index (χ4v) is 4.87. The molecule has 0 amide bonds. The fraction of sp³-hybridized carbons (Fsp3) is 0.250. The van der Waals surface area contributed by atoms with E-state index in [-0.39, 0.29) is 0 Å². The minimum Gasteiger partial charge on any atom is -0.375 e. The van der Waals surface area contributed by atoms with Crippen molar-refractivity contribution in [3.63, 3.8) is 0 Å². The van der Waals surface area contributed by atoms with Crippen LogP contribution in [0.5, 0.6) is 0 Å². The minimum atomic E-state index is -2.39. The van der Waals surface area contributed by atoms with Gasteiger partial charge in [-0.05, 0) is 23.8 Å². The largest absolute Gasteiger partial charge is 0.375 e. The van der Waals surface area contributed by atoms with Gasteiger partial charge in [0.1, 0.15) is 0 Å². The number of aromatic nitrogens is 2. The summed E-state index contributed by atoms with van der Waals surface area (Å²) < 4.78 is 20.6. The zero-order chi connectivity index (χ0) is 16.7. The van der Waals surface area contributed by atoms with Gasteiger partial charge in [-0.2, -0.15) is 10.6 Å². The Bertz CT molecular complexity index is 887. The summed E-state index contributed by atoms with van der Waals surface area (Å²) in [4.78, 5) is 10.8. The van der Waals surface area contributed by atoms with E-state index in [4.69, 9.17) is 5.73 Å². The number of thiazole rings is 1. The first-order valence-corrected chi connectivity index (χ1v) is 10.3. The van der Waals surface area contributed by atoms with Crippen LogP contribution >= 0.6 is 21.9 Å². The first-order valence-electron chi connectivity index (χ1n) is 7.60. The van der Waals surface area contributed by atoms with E-state index in [1.54, 1.807) is 0 Å². The quantitative estimate of drug-likeness (QED) is 0.646. The molecule has 0 spiro atoms. The van der Waals surface area contributed by atoms with E-state index in [1.165, 1.54) is 11.3 Å². The van der Waals surface area contributed by atoms with E-state index in [2.05, 4.69) is 27.0 Å². The van der Waals surface area contributed by atoms with Crippen LogP contribution in [0.3, 0.4) is 0 Å². The summed E-state index contributed by atoms with van der Waals surface area (Å²) in [5, 5.41) is 0.571. The second kappa shape index (κ2) is 5.89. The average Bonchev–Trinajstić information content (AvgIpc) is 2.94. The first kappa shape index (κ1) is 15.6. The summed E-state index contributed by atoms with van der Waals surface area (Å²) in [6.45, 7) is 1.27. The van der Waals surface area contributed by atoms with Gasteiger partial charge < -0.3 is 10.6 Å². The molecule has 24 heavy (non-hydrogen) atoms. The molecule has 1 aliphatic heterocycles. The predicted octanol–water partition coefficient (Wildman–Crippen LogP) is 3.51. The van der Waals surface area contributed by atoms with Crippen molar-refractivity contribution in [1.82, 2.24) is 9.97 Å². The zero-order valence-electron chi connectivity index (χ0n) is 12.9. The zero-order valence-corrected chi connectivity index (χ0v) is 14.6. The lowest BCUT2D eigenvalue weighted by atomic mass is 10.1. The van der Waals surface area contributed by atoms with Crippen LogP contribution in [-0.4, -0.2) is 43.7 Å². The van der Waals surface area contributed by atoms with Gasteiger partial charge in [-0.3, -0.25) is 14.1 Å². The molecule has 0 unspecified atom stereocenters. The first-order chi connectivity index (χ1) is 11.5. The lowest BCUT2D eigenvalue weighted by Gasteiger charge is -2.41. The molecule has 0 saturated carbocycles. The molecule has 0 atom stereocenters. The van der Waals surface area contributed by atoms with Crippen LogP contribution in [0.15, 0.2) is 36.7 Å². The van der Waals surface area contributed by atoms with Crippen LogP contribution in [0.1, 0.15) is 0 Å². The van der Waals surface area contributed by atoms with E-state index >= 15 is 0 Å². The Morgan fingerprint density at radius 3 is 2.67 bits per heavy atom. The molecule has 4 rings (SSSR count). The van der Waals surface area contributed by atoms with Crippen molar-refractivity contribution in [3.05, 3.63) is 36.7 Å². The summed E-state index contributed by atoms with van der Waals surface area (Å²) in [6.07, 6.45) is 3.66. The maximum absolute atomic E-state index is 9.76. The number of nitrogen functional groups attached to an aromatic ring is 1. The number of benzene rings is 1. The normalized spacial score (nSPS) is 18.7. The third kappa shape index (κ3) is 3.05. The highest BCUT2D eigenvalue weighted by atomic mass is 32.3. The van der Waals surface area contributed by atoms with Gasteiger partial charge in [-0.25, -0.2) is 4.98 Å². The van der Waals surface area contributed by atoms with Crippen molar-refractivity contribution in [2.45, 2.75) is 0 Å². The maximum Gasteiger partial charge on any atom is 0.181 e. The molecule has 4 N–H and O–H groups in total. The summed E-state index contributed by atoms with van der Waals surface area (Å²) in [7, 11) is -2.39. The molecule has 2 aromatic heterocycles. The number of nitrogens with two attached hydrogens (primary N) is 1. The Hall–Kier alpha value is -1.87. The monoisotopic (exact) mass is 362 g/mol. The standard InChI is InChI=1S/C16H18N4O2S2/c17-16-19-14-2-1-11(8-15(14)23-16)12-7-13(10-18-9-12)20-3-5-24(21,22)6-4-20/h1-2,7-10,21-22H,3-6H2,(H2,17,19). The van der Waals surface area contributed by atoms with Gasteiger partial charge in [0, 0.05) is 24.8 Å². The third-order valence-electron chi connectivity index (χ3n) is 4.20. The molecule has 126 valence electrons. The Balaban J connectivity index is 1.64. The van der Waals surface area contributed by atoms with Crippen LogP contribution in [0.2, 0.25) is 0 Å². The van der Waals surface area contributed by atoms with E-state index in [9.17, 15) is 9.11 Å². The molecule has 3 aromatic rings. The second-order valence-corrected chi connectivity index (χ2v) is 9.35. The van der Waals surface area contributed by atoms with Crippen LogP contribution in [-0.2, 0) is 0 Å². The summed E-state index contributed by atoms with van der Waals surface area (Å²) >= 11 is 1.48. The summed E-state index contributed by atoms with van der Waals surface area (Å²) in [5.74, 6) is 0.840. The Kier molecular flexibility index (Phi) is 3.84. The Morgan fingerprint density at radius 2 is 1.88 bits per heavy atom. The van der Waals surface area contributed by atoms with Crippen molar-refractivity contribution in [1.29, 1.82) is 0 Å². The molecule has 1 aromatic carbocycles. The number of hydrogen-bond acceptors (Lipinski definition) is 7. The molecule has 0 aliphatic carbocycles. The fourth-order valence-electron chi connectivity index (χ4n) is 2.87. The van der Waals surface area contributed by atoms with Gasteiger partial charge in [0.25, 0.3) is 0 Å². The number of fused-ring (bicyclic) bond motifs is 1. The molecule has 0 radical (unpaired) electrons. The number of nitrogens with zero attached hydrogens (tertiary/aromatic N) is 3. The second-order valence-electron chi connectivity index (χ2n) is 5.86. The third-order valence-corrected chi connectivity index (χ3v) is 6.72. The van der Waals surface area contributed by atoms with Crippen LogP contribution in [0.25, 0.3) is 21.3 Å². The highest BCUT2D eigenvalue weighted by Gasteiger charge is 2.22. The van der Waals surface area contributed by atoms with Gasteiger partial charge in [0.2, 0.25) is 0 Å². The smallest absolute Gasteiger partial charge is 0.181 e. The highest BCUT2D eigenvalue weighted by molar-refractivity contribution is 8.24. The van der Waals surface area contributed by atoms with Crippen molar-refractivity contribution in [3.8, 4) is 11.1 Å². The van der Waals surface area contributed by atoms with E-state index in [1.807, 2.05) is 24.5 Å². The molecule has 1 aliphatic rings. The van der Waals surface area contributed by atoms with Gasteiger partial charge in [0.15, 0.2) is 5.13 Å².